The molecule has 0 aliphatic carbocycles. The molecule has 0 saturated carbocycles. The summed E-state index contributed by atoms with van der Waals surface area (Å²) in [5.74, 6) is -0.0113. The summed E-state index contributed by atoms with van der Waals surface area (Å²) < 4.78 is 39.7. The van der Waals surface area contributed by atoms with Gasteiger partial charge < -0.3 is 5.32 Å². The van der Waals surface area contributed by atoms with Crippen LogP contribution in [0.4, 0.5) is 4.39 Å². The molecule has 0 bridgehead atoms. The average molecular weight is 429 g/mol. The number of halogens is 2. The monoisotopic (exact) mass is 428 g/mol. The Hall–Kier alpha value is -1.61. The van der Waals surface area contributed by atoms with Crippen LogP contribution in [0.3, 0.4) is 0 Å². The zero-order valence-corrected chi connectivity index (χ0v) is 16.9. The van der Waals surface area contributed by atoms with E-state index in [0.717, 1.165) is 20.5 Å². The number of sulfonamides is 1. The zero-order valence-electron chi connectivity index (χ0n) is 14.5. The third kappa shape index (κ3) is 4.63. The number of hydrogen-bond acceptors (Lipinski definition) is 4. The van der Waals surface area contributed by atoms with E-state index in [0.29, 0.717) is 11.4 Å². The topological polar surface area (TPSA) is 66.5 Å². The fourth-order valence-corrected chi connectivity index (χ4v) is 5.19. The number of nitrogens with one attached hydrogen (secondary N) is 1. The lowest BCUT2D eigenvalue weighted by Crippen LogP contribution is -2.40. The highest BCUT2D eigenvalue weighted by Crippen LogP contribution is 2.36. The van der Waals surface area contributed by atoms with Crippen LogP contribution in [0.25, 0.3) is 0 Å². The molecule has 144 valence electrons. The van der Waals surface area contributed by atoms with Crippen molar-refractivity contribution in [3.05, 3.63) is 58.9 Å². The standard InChI is InChI=1S/C18H18ClFN2O3S2/c1-22(27(24,25)14-5-2-12(19)3-6-14)11-18(23)21-16-8-9-26-17-7-4-13(20)10-15(16)17/h2-7,10,16H,8-9,11H2,1H3,(H,21,23). The van der Waals surface area contributed by atoms with Crippen molar-refractivity contribution >= 4 is 39.3 Å². The van der Waals surface area contributed by atoms with Crippen LogP contribution in [-0.2, 0) is 14.8 Å². The number of thioether (sulfide) groups is 1. The minimum Gasteiger partial charge on any atom is -0.348 e. The molecule has 1 aliphatic rings. The van der Waals surface area contributed by atoms with Crippen LogP contribution in [0.2, 0.25) is 5.02 Å². The molecular formula is C18H18ClFN2O3S2. The van der Waals surface area contributed by atoms with Gasteiger partial charge in [0.2, 0.25) is 15.9 Å². The summed E-state index contributed by atoms with van der Waals surface area (Å²) in [6, 6.07) is 9.91. The molecule has 1 amide bonds. The molecule has 3 rings (SSSR count). The molecule has 5 nitrogen and oxygen atoms in total. The van der Waals surface area contributed by atoms with Crippen molar-refractivity contribution in [1.82, 2.24) is 9.62 Å². The van der Waals surface area contributed by atoms with E-state index in [1.807, 2.05) is 0 Å². The largest absolute Gasteiger partial charge is 0.348 e. The highest BCUT2D eigenvalue weighted by molar-refractivity contribution is 7.99. The number of hydrogen-bond donors (Lipinski definition) is 1. The number of rotatable bonds is 5. The quantitative estimate of drug-likeness (QED) is 0.792. The minimum atomic E-state index is -3.81. The van der Waals surface area contributed by atoms with Gasteiger partial charge in [0.1, 0.15) is 5.82 Å². The smallest absolute Gasteiger partial charge is 0.243 e. The van der Waals surface area contributed by atoms with Crippen LogP contribution >= 0.6 is 23.4 Å². The molecule has 2 aromatic carbocycles. The van der Waals surface area contributed by atoms with Gasteiger partial charge in [-0.15, -0.1) is 11.8 Å². The van der Waals surface area contributed by atoms with Gasteiger partial charge in [-0.25, -0.2) is 12.8 Å². The SMILES string of the molecule is CN(CC(=O)NC1CCSc2ccc(F)cc21)S(=O)(=O)c1ccc(Cl)cc1. The van der Waals surface area contributed by atoms with Crippen LogP contribution in [0.5, 0.6) is 0 Å². The third-order valence-electron chi connectivity index (χ3n) is 4.23. The predicted molar refractivity (Wildman–Crippen MR) is 104 cm³/mol. The Morgan fingerprint density at radius 2 is 2.00 bits per heavy atom. The Kier molecular flexibility index (Phi) is 6.10. The van der Waals surface area contributed by atoms with Crippen molar-refractivity contribution in [2.75, 3.05) is 19.3 Å². The molecule has 1 N–H and O–H groups in total. The molecule has 27 heavy (non-hydrogen) atoms. The first-order valence-corrected chi connectivity index (χ1v) is 11.0. The number of likely N-dealkylation sites (N-methyl/N-ethyl adjacent to an activating group) is 1. The average Bonchev–Trinajstić information content (AvgIpc) is 2.62. The van der Waals surface area contributed by atoms with Crippen LogP contribution < -0.4 is 5.32 Å². The van der Waals surface area contributed by atoms with Crippen molar-refractivity contribution in [2.45, 2.75) is 22.3 Å². The predicted octanol–water partition coefficient (Wildman–Crippen LogP) is 3.45. The first-order chi connectivity index (χ1) is 12.8. The van der Waals surface area contributed by atoms with E-state index in [-0.39, 0.29) is 23.3 Å². The second kappa shape index (κ2) is 8.18. The minimum absolute atomic E-state index is 0.0590. The van der Waals surface area contributed by atoms with Crippen LogP contribution in [0.15, 0.2) is 52.3 Å². The van der Waals surface area contributed by atoms with Crippen molar-refractivity contribution in [3.63, 3.8) is 0 Å². The van der Waals surface area contributed by atoms with Gasteiger partial charge in [0.15, 0.2) is 0 Å². The molecule has 1 heterocycles. The summed E-state index contributed by atoms with van der Waals surface area (Å²) in [4.78, 5) is 13.4. The van der Waals surface area contributed by atoms with Gasteiger partial charge >= 0.3 is 0 Å². The van der Waals surface area contributed by atoms with Gasteiger partial charge in [0.05, 0.1) is 17.5 Å². The maximum absolute atomic E-state index is 13.6. The summed E-state index contributed by atoms with van der Waals surface area (Å²) in [7, 11) is -2.47. The van der Waals surface area contributed by atoms with Crippen LogP contribution in [0.1, 0.15) is 18.0 Å². The molecule has 1 aliphatic heterocycles. The zero-order chi connectivity index (χ0) is 19.6. The van der Waals surface area contributed by atoms with Crippen LogP contribution in [0, 0.1) is 5.82 Å². The van der Waals surface area contributed by atoms with E-state index < -0.39 is 15.9 Å². The highest BCUT2D eigenvalue weighted by Gasteiger charge is 2.26. The van der Waals surface area contributed by atoms with Gasteiger partial charge in [-0.2, -0.15) is 4.31 Å². The Labute approximate surface area is 166 Å². The molecule has 2 aromatic rings. The van der Waals surface area contributed by atoms with Gasteiger partial charge in [-0.3, -0.25) is 4.79 Å². The molecule has 1 unspecified atom stereocenters. The van der Waals surface area contributed by atoms with E-state index in [9.17, 15) is 17.6 Å². The van der Waals surface area contributed by atoms with Crippen molar-refractivity contribution in [3.8, 4) is 0 Å². The normalized spacial score (nSPS) is 16.8. The number of amides is 1. The summed E-state index contributed by atoms with van der Waals surface area (Å²) in [5.41, 5.74) is 0.725. The van der Waals surface area contributed by atoms with Crippen molar-refractivity contribution in [2.24, 2.45) is 0 Å². The van der Waals surface area contributed by atoms with E-state index in [1.165, 1.54) is 43.4 Å². The first kappa shape index (κ1) is 20.1. The molecule has 0 radical (unpaired) electrons. The van der Waals surface area contributed by atoms with E-state index in [2.05, 4.69) is 5.32 Å². The molecule has 0 fully saturated rings. The van der Waals surface area contributed by atoms with Crippen LogP contribution in [-0.4, -0.2) is 38.0 Å². The number of fused-ring (bicyclic) bond motifs is 1. The Morgan fingerprint density at radius 1 is 1.30 bits per heavy atom. The molecule has 1 atom stereocenters. The Morgan fingerprint density at radius 3 is 2.70 bits per heavy atom. The third-order valence-corrected chi connectivity index (χ3v) is 7.43. The lowest BCUT2D eigenvalue weighted by molar-refractivity contribution is -0.121. The van der Waals surface area contributed by atoms with Gasteiger partial charge in [0.25, 0.3) is 0 Å². The van der Waals surface area contributed by atoms with E-state index in [1.54, 1.807) is 17.8 Å². The summed E-state index contributed by atoms with van der Waals surface area (Å²) in [6.07, 6.45) is 0.653. The van der Waals surface area contributed by atoms with Gasteiger partial charge in [-0.05, 0) is 54.4 Å². The van der Waals surface area contributed by atoms with E-state index >= 15 is 0 Å². The number of benzene rings is 2. The lowest BCUT2D eigenvalue weighted by Gasteiger charge is -2.27. The Bertz CT molecular complexity index is 952. The van der Waals surface area contributed by atoms with Crippen molar-refractivity contribution < 1.29 is 17.6 Å². The second-order valence-corrected chi connectivity index (χ2v) is 9.77. The molecule has 0 aromatic heterocycles. The second-order valence-electron chi connectivity index (χ2n) is 6.15. The molecule has 0 saturated heterocycles. The fourth-order valence-electron chi connectivity index (χ4n) is 2.83. The molecule has 9 heteroatoms. The summed E-state index contributed by atoms with van der Waals surface area (Å²) >= 11 is 7.40. The fraction of sp³-hybridized carbons (Fsp3) is 0.278. The summed E-state index contributed by atoms with van der Waals surface area (Å²) in [6.45, 7) is -0.334. The van der Waals surface area contributed by atoms with Gasteiger partial charge in [0, 0.05) is 22.7 Å². The lowest BCUT2D eigenvalue weighted by atomic mass is 10.0. The van der Waals surface area contributed by atoms with Crippen molar-refractivity contribution in [1.29, 1.82) is 0 Å². The maximum Gasteiger partial charge on any atom is 0.243 e. The summed E-state index contributed by atoms with van der Waals surface area (Å²) in [5, 5.41) is 3.25. The number of nitrogens with zero attached hydrogens (tertiary/aromatic N) is 1. The Balaban J connectivity index is 1.69. The number of carbonyl (C=O) groups is 1. The van der Waals surface area contributed by atoms with Gasteiger partial charge in [-0.1, -0.05) is 11.6 Å². The maximum atomic E-state index is 13.6. The molecule has 0 spiro atoms. The number of carbonyl (C=O) groups excluding carboxylic acids is 1. The first-order valence-electron chi connectivity index (χ1n) is 8.21. The highest BCUT2D eigenvalue weighted by atomic mass is 35.5. The molecular weight excluding hydrogens is 411 g/mol. The van der Waals surface area contributed by atoms with E-state index in [4.69, 9.17) is 11.6 Å².